The van der Waals surface area contributed by atoms with Crippen molar-refractivity contribution in [2.45, 2.75) is 64.3 Å². The van der Waals surface area contributed by atoms with Gasteiger partial charge in [0.25, 0.3) is 0 Å². The van der Waals surface area contributed by atoms with Crippen LogP contribution in [0.15, 0.2) is 0 Å². The fraction of sp³-hybridized carbons (Fsp3) is 0.929. The summed E-state index contributed by atoms with van der Waals surface area (Å²) >= 11 is 0. The third-order valence-corrected chi connectivity index (χ3v) is 3.03. The van der Waals surface area contributed by atoms with Gasteiger partial charge in [-0.05, 0) is 32.6 Å². The molecule has 2 N–H and O–H groups in total. The number of carbonyl (C=O) groups excluding carboxylic acids is 1. The average molecular weight is 259 g/mol. The number of hydrogen-bond donors (Lipinski definition) is 1. The third-order valence-electron chi connectivity index (χ3n) is 3.03. The second kappa shape index (κ2) is 10.3. The summed E-state index contributed by atoms with van der Waals surface area (Å²) < 4.78 is 10.2. The van der Waals surface area contributed by atoms with Crippen LogP contribution in [0.2, 0.25) is 0 Å². The Morgan fingerprint density at radius 1 is 1.11 bits per heavy atom. The summed E-state index contributed by atoms with van der Waals surface area (Å²) in [6, 6.07) is 0. The van der Waals surface area contributed by atoms with Gasteiger partial charge in [0.05, 0.1) is 7.11 Å². The van der Waals surface area contributed by atoms with Gasteiger partial charge in [-0.25, -0.2) is 0 Å². The molecule has 0 rings (SSSR count). The summed E-state index contributed by atoms with van der Waals surface area (Å²) in [5, 5.41) is 0. The van der Waals surface area contributed by atoms with Gasteiger partial charge in [-0.3, -0.25) is 4.79 Å². The number of methoxy groups -OCH3 is 1. The first-order valence-electron chi connectivity index (χ1n) is 6.99. The molecule has 0 spiro atoms. The van der Waals surface area contributed by atoms with E-state index >= 15 is 0 Å². The Kier molecular flexibility index (Phi) is 9.98. The summed E-state index contributed by atoms with van der Waals surface area (Å²) in [6.07, 6.45) is 7.40. The van der Waals surface area contributed by atoms with Crippen molar-refractivity contribution in [3.63, 3.8) is 0 Å². The van der Waals surface area contributed by atoms with Gasteiger partial charge in [0.2, 0.25) is 0 Å². The van der Waals surface area contributed by atoms with Gasteiger partial charge in [0.15, 0.2) is 0 Å². The molecule has 0 saturated heterocycles. The Hall–Kier alpha value is -0.610. The zero-order chi connectivity index (χ0) is 13.9. The predicted octanol–water partition coefficient (Wildman–Crippen LogP) is 2.64. The predicted molar refractivity (Wildman–Crippen MR) is 73.4 cm³/mol. The van der Waals surface area contributed by atoms with Crippen LogP contribution in [0.5, 0.6) is 0 Å². The van der Waals surface area contributed by atoms with Gasteiger partial charge < -0.3 is 15.2 Å². The number of esters is 1. The SMILES string of the molecule is CCCCCCOCCCCC(C)(N)C(=O)OC. The second-order valence-electron chi connectivity index (χ2n) is 5.04. The smallest absolute Gasteiger partial charge is 0.325 e. The van der Waals surface area contributed by atoms with Crippen molar-refractivity contribution in [2.24, 2.45) is 5.73 Å². The number of nitrogens with two attached hydrogens (primary N) is 1. The van der Waals surface area contributed by atoms with Crippen LogP contribution in [-0.2, 0) is 14.3 Å². The van der Waals surface area contributed by atoms with E-state index in [1.165, 1.54) is 26.4 Å². The Morgan fingerprint density at radius 3 is 2.28 bits per heavy atom. The summed E-state index contributed by atoms with van der Waals surface area (Å²) in [6.45, 7) is 5.51. The molecule has 108 valence electrons. The second-order valence-corrected chi connectivity index (χ2v) is 5.04. The monoisotopic (exact) mass is 259 g/mol. The fourth-order valence-corrected chi connectivity index (χ4v) is 1.76. The van der Waals surface area contributed by atoms with Crippen molar-refractivity contribution in [1.29, 1.82) is 0 Å². The highest BCUT2D eigenvalue weighted by atomic mass is 16.5. The lowest BCUT2D eigenvalue weighted by molar-refractivity contribution is -0.146. The summed E-state index contributed by atoms with van der Waals surface area (Å²) in [4.78, 5) is 11.3. The lowest BCUT2D eigenvalue weighted by Crippen LogP contribution is -2.45. The van der Waals surface area contributed by atoms with Crippen LogP contribution >= 0.6 is 0 Å². The van der Waals surface area contributed by atoms with Gasteiger partial charge in [-0.15, -0.1) is 0 Å². The molecule has 0 heterocycles. The highest BCUT2D eigenvalue weighted by Gasteiger charge is 2.28. The molecule has 0 fully saturated rings. The van der Waals surface area contributed by atoms with E-state index < -0.39 is 5.54 Å². The molecule has 0 aromatic carbocycles. The van der Waals surface area contributed by atoms with E-state index in [-0.39, 0.29) is 5.97 Å². The number of hydrogen-bond acceptors (Lipinski definition) is 4. The van der Waals surface area contributed by atoms with Crippen LogP contribution in [-0.4, -0.2) is 31.8 Å². The lowest BCUT2D eigenvalue weighted by Gasteiger charge is -2.20. The van der Waals surface area contributed by atoms with E-state index in [0.29, 0.717) is 6.42 Å². The lowest BCUT2D eigenvalue weighted by atomic mass is 9.96. The van der Waals surface area contributed by atoms with Gasteiger partial charge in [0.1, 0.15) is 5.54 Å². The summed E-state index contributed by atoms with van der Waals surface area (Å²) in [5.41, 5.74) is 4.99. The van der Waals surface area contributed by atoms with Crippen molar-refractivity contribution in [2.75, 3.05) is 20.3 Å². The van der Waals surface area contributed by atoms with Crippen LogP contribution in [0.3, 0.4) is 0 Å². The zero-order valence-electron chi connectivity index (χ0n) is 12.2. The van der Waals surface area contributed by atoms with E-state index in [4.69, 9.17) is 10.5 Å². The van der Waals surface area contributed by atoms with Crippen molar-refractivity contribution in [3.8, 4) is 0 Å². The maximum absolute atomic E-state index is 11.3. The topological polar surface area (TPSA) is 61.5 Å². The summed E-state index contributed by atoms with van der Waals surface area (Å²) in [7, 11) is 1.37. The maximum Gasteiger partial charge on any atom is 0.325 e. The molecule has 0 aliphatic carbocycles. The Balaban J connectivity index is 3.37. The summed E-state index contributed by atoms with van der Waals surface area (Å²) in [5.74, 6) is -0.344. The minimum Gasteiger partial charge on any atom is -0.468 e. The van der Waals surface area contributed by atoms with Gasteiger partial charge >= 0.3 is 5.97 Å². The first-order valence-corrected chi connectivity index (χ1v) is 6.99. The highest BCUT2D eigenvalue weighted by molar-refractivity contribution is 5.79. The molecule has 18 heavy (non-hydrogen) atoms. The van der Waals surface area contributed by atoms with Crippen molar-refractivity contribution < 1.29 is 14.3 Å². The van der Waals surface area contributed by atoms with Crippen LogP contribution in [0, 0.1) is 0 Å². The highest BCUT2D eigenvalue weighted by Crippen LogP contribution is 2.12. The Labute approximate surface area is 111 Å². The molecule has 1 unspecified atom stereocenters. The molecule has 0 aromatic rings. The minimum absolute atomic E-state index is 0.344. The molecule has 1 atom stereocenters. The van der Waals surface area contributed by atoms with Gasteiger partial charge in [-0.2, -0.15) is 0 Å². The fourth-order valence-electron chi connectivity index (χ4n) is 1.76. The van der Waals surface area contributed by atoms with Crippen molar-refractivity contribution >= 4 is 5.97 Å². The van der Waals surface area contributed by atoms with Crippen molar-refractivity contribution in [1.82, 2.24) is 0 Å². The van der Waals surface area contributed by atoms with E-state index in [1.54, 1.807) is 6.92 Å². The van der Waals surface area contributed by atoms with Crippen molar-refractivity contribution in [3.05, 3.63) is 0 Å². The molecule has 0 saturated carbocycles. The zero-order valence-corrected chi connectivity index (χ0v) is 12.2. The molecule has 0 radical (unpaired) electrons. The van der Waals surface area contributed by atoms with Crippen LogP contribution in [0.4, 0.5) is 0 Å². The molecule has 4 nitrogen and oxygen atoms in total. The maximum atomic E-state index is 11.3. The number of rotatable bonds is 11. The van der Waals surface area contributed by atoms with Gasteiger partial charge in [-0.1, -0.05) is 26.2 Å². The number of unbranched alkanes of at least 4 members (excludes halogenated alkanes) is 4. The first-order chi connectivity index (χ1) is 8.54. The van der Waals surface area contributed by atoms with Crippen LogP contribution in [0.25, 0.3) is 0 Å². The quantitative estimate of drug-likeness (QED) is 0.458. The van der Waals surface area contributed by atoms with Gasteiger partial charge in [0, 0.05) is 13.2 Å². The van der Waals surface area contributed by atoms with Crippen LogP contribution < -0.4 is 5.73 Å². The average Bonchev–Trinajstić information content (AvgIpc) is 2.35. The largest absolute Gasteiger partial charge is 0.468 e. The molecule has 0 aromatic heterocycles. The first kappa shape index (κ1) is 17.4. The number of ether oxygens (including phenoxy) is 2. The van der Waals surface area contributed by atoms with E-state index in [1.807, 2.05) is 0 Å². The standard InChI is InChI=1S/C14H29NO3/c1-4-5-6-8-11-18-12-9-7-10-14(2,15)13(16)17-3/h4-12,15H2,1-3H3. The molecular weight excluding hydrogens is 230 g/mol. The van der Waals surface area contributed by atoms with E-state index in [9.17, 15) is 4.79 Å². The minimum atomic E-state index is -0.865. The molecule has 0 bridgehead atoms. The molecule has 0 aliphatic rings. The molecular formula is C14H29NO3. The van der Waals surface area contributed by atoms with E-state index in [2.05, 4.69) is 11.7 Å². The molecule has 4 heteroatoms. The Morgan fingerprint density at radius 2 is 1.72 bits per heavy atom. The van der Waals surface area contributed by atoms with E-state index in [0.717, 1.165) is 32.5 Å². The number of carbonyl (C=O) groups is 1. The third kappa shape index (κ3) is 8.48. The van der Waals surface area contributed by atoms with Crippen LogP contribution in [0.1, 0.15) is 58.8 Å². The molecule has 0 aliphatic heterocycles. The Bertz CT molecular complexity index is 217. The normalized spacial score (nSPS) is 14.2. The molecule has 0 amide bonds.